The van der Waals surface area contributed by atoms with Crippen molar-refractivity contribution in [3.63, 3.8) is 0 Å². The minimum atomic E-state index is -1.64. The van der Waals surface area contributed by atoms with Crippen LogP contribution < -0.4 is 5.11 Å². The van der Waals surface area contributed by atoms with E-state index in [0.29, 0.717) is 23.9 Å². The minimum absolute atomic E-state index is 0.136. The zero-order valence-corrected chi connectivity index (χ0v) is 45.8. The molecule has 0 spiro atoms. The fraction of sp³-hybridized carbons (Fsp3) is 0.661. The van der Waals surface area contributed by atoms with Gasteiger partial charge in [0.2, 0.25) is 0 Å². The normalized spacial score (nSPS) is 13.6. The summed E-state index contributed by atoms with van der Waals surface area (Å²) in [7, 11) is 5.90. The van der Waals surface area contributed by atoms with Crippen molar-refractivity contribution in [2.75, 3.05) is 47.5 Å². The van der Waals surface area contributed by atoms with Crippen molar-refractivity contribution in [3.8, 4) is 0 Å². The lowest BCUT2D eigenvalue weighted by atomic mass is 10.0. The molecule has 0 saturated carbocycles. The molecule has 2 unspecified atom stereocenters. The molecule has 0 aromatic heterocycles. The van der Waals surface area contributed by atoms with E-state index in [4.69, 9.17) is 18.9 Å². The summed E-state index contributed by atoms with van der Waals surface area (Å²) < 4.78 is 22.6. The molecule has 0 heterocycles. The summed E-state index contributed by atoms with van der Waals surface area (Å²) in [5.41, 5.74) is 0. The molecule has 0 aliphatic carbocycles. The molecule has 2 atom stereocenters. The first-order chi connectivity index (χ1) is 34.6. The van der Waals surface area contributed by atoms with Gasteiger partial charge in [-0.1, -0.05) is 207 Å². The lowest BCUT2D eigenvalue weighted by molar-refractivity contribution is -0.870. The van der Waals surface area contributed by atoms with Gasteiger partial charge in [-0.3, -0.25) is 9.59 Å². The number of unbranched alkanes of at least 4 members (excludes halogenated alkanes) is 17. The summed E-state index contributed by atoms with van der Waals surface area (Å²) in [6.45, 7) is 4.46. The summed E-state index contributed by atoms with van der Waals surface area (Å²) in [6, 6.07) is 0. The average molecular weight is 991 g/mol. The lowest BCUT2D eigenvalue weighted by Gasteiger charge is -2.26. The third-order valence-corrected chi connectivity index (χ3v) is 11.5. The third-order valence-electron chi connectivity index (χ3n) is 11.5. The molecule has 0 bridgehead atoms. The van der Waals surface area contributed by atoms with Crippen LogP contribution in [0.1, 0.15) is 206 Å². The van der Waals surface area contributed by atoms with Gasteiger partial charge in [0.1, 0.15) is 13.2 Å². The van der Waals surface area contributed by atoms with Gasteiger partial charge in [-0.15, -0.1) is 0 Å². The first kappa shape index (κ1) is 67.0. The topological polar surface area (TPSA) is 111 Å². The second-order valence-electron chi connectivity index (χ2n) is 19.5. The van der Waals surface area contributed by atoms with Crippen molar-refractivity contribution >= 4 is 17.9 Å². The summed E-state index contributed by atoms with van der Waals surface area (Å²) in [5.74, 6) is -2.35. The quantitative estimate of drug-likeness (QED) is 0.0195. The number of carbonyl (C=O) groups excluding carboxylic acids is 3. The Labute approximate surface area is 434 Å². The van der Waals surface area contributed by atoms with Crippen molar-refractivity contribution in [1.29, 1.82) is 0 Å². The van der Waals surface area contributed by atoms with Gasteiger partial charge < -0.3 is 33.3 Å². The van der Waals surface area contributed by atoms with E-state index < -0.39 is 30.3 Å². The van der Waals surface area contributed by atoms with E-state index in [0.717, 1.165) is 89.9 Å². The number of ether oxygens (including phenoxy) is 4. The number of allylic oxidation sites excluding steroid dienone is 18. The van der Waals surface area contributed by atoms with Crippen LogP contribution in [0.25, 0.3) is 0 Å². The molecular formula is C62H103NO8. The van der Waals surface area contributed by atoms with Crippen LogP contribution in [-0.4, -0.2) is 82.3 Å². The second-order valence-corrected chi connectivity index (χ2v) is 19.5. The maximum Gasteiger partial charge on any atom is 0.306 e. The van der Waals surface area contributed by atoms with E-state index in [-0.39, 0.29) is 32.7 Å². The van der Waals surface area contributed by atoms with Gasteiger partial charge in [0.15, 0.2) is 12.4 Å². The monoisotopic (exact) mass is 990 g/mol. The van der Waals surface area contributed by atoms with Gasteiger partial charge >= 0.3 is 11.9 Å². The van der Waals surface area contributed by atoms with Gasteiger partial charge in [-0.2, -0.15) is 0 Å². The predicted octanol–water partition coefficient (Wildman–Crippen LogP) is 15.0. The SMILES string of the molecule is CC/C=C\C/C=C\C/C=C\C/C=C\C/C=C\CCCCCCCCCCCCCCCCCC(=O)OC(COC(=O)CCCC/C=C\C/C=C\C/C=C\C/C=C\CC)COC(OCC[N+](C)(C)C)C(=O)[O-]. The van der Waals surface area contributed by atoms with Crippen molar-refractivity contribution < 1.29 is 42.9 Å². The van der Waals surface area contributed by atoms with Gasteiger partial charge in [-0.05, 0) is 96.3 Å². The van der Waals surface area contributed by atoms with Crippen molar-refractivity contribution in [2.24, 2.45) is 0 Å². The molecular weight excluding hydrogens is 887 g/mol. The van der Waals surface area contributed by atoms with E-state index in [2.05, 4.69) is 123 Å². The number of hydrogen-bond donors (Lipinski definition) is 0. The number of aliphatic carboxylic acids is 1. The van der Waals surface area contributed by atoms with E-state index in [1.165, 1.54) is 77.0 Å². The van der Waals surface area contributed by atoms with Crippen LogP contribution in [0.3, 0.4) is 0 Å². The smallest absolute Gasteiger partial charge is 0.306 e. The summed E-state index contributed by atoms with van der Waals surface area (Å²) >= 11 is 0. The summed E-state index contributed by atoms with van der Waals surface area (Å²) in [4.78, 5) is 37.2. The fourth-order valence-corrected chi connectivity index (χ4v) is 7.26. The predicted molar refractivity (Wildman–Crippen MR) is 297 cm³/mol. The van der Waals surface area contributed by atoms with Crippen LogP contribution in [0.5, 0.6) is 0 Å². The summed E-state index contributed by atoms with van der Waals surface area (Å²) in [6.07, 6.45) is 68.6. The van der Waals surface area contributed by atoms with Crippen LogP contribution >= 0.6 is 0 Å². The number of likely N-dealkylation sites (N-methyl/N-ethyl adjacent to an activating group) is 1. The Morgan fingerprint density at radius 3 is 1.15 bits per heavy atom. The fourth-order valence-electron chi connectivity index (χ4n) is 7.26. The maximum atomic E-state index is 12.8. The molecule has 9 nitrogen and oxygen atoms in total. The van der Waals surface area contributed by atoms with Gasteiger partial charge in [0, 0.05) is 12.8 Å². The Balaban J connectivity index is 4.22. The molecule has 0 amide bonds. The minimum Gasteiger partial charge on any atom is -0.545 e. The highest BCUT2D eigenvalue weighted by atomic mass is 16.7. The standard InChI is InChI=1S/C62H103NO8/c1-6-8-10-12-14-16-18-20-22-23-24-25-26-27-28-29-30-31-32-33-34-35-36-37-39-41-43-45-47-49-51-53-60(65)71-58(57-70-62(61(66)67)68-55-54-63(3,4)5)56-69-59(64)52-50-48-46-44-42-40-38-21-19-17-15-13-11-9-7-2/h8-11,14-17,20-22,24-25,27-28,38,42,44,58,62H,6-7,12-13,18-19,23,26,29-37,39-41,43,45-57H2,1-5H3/b10-8-,11-9-,16-14-,17-15-,22-20-,25-24-,28-27-,38-21-,44-42-. The maximum absolute atomic E-state index is 12.8. The highest BCUT2D eigenvalue weighted by molar-refractivity contribution is 5.70. The molecule has 0 saturated heterocycles. The lowest BCUT2D eigenvalue weighted by Crippen LogP contribution is -2.44. The van der Waals surface area contributed by atoms with Crippen molar-refractivity contribution in [1.82, 2.24) is 0 Å². The van der Waals surface area contributed by atoms with Crippen LogP contribution in [0, 0.1) is 0 Å². The average Bonchev–Trinajstić information content (AvgIpc) is 3.34. The highest BCUT2D eigenvalue weighted by Gasteiger charge is 2.22. The van der Waals surface area contributed by atoms with Crippen LogP contribution in [-0.2, 0) is 33.3 Å². The Morgan fingerprint density at radius 1 is 0.423 bits per heavy atom. The van der Waals surface area contributed by atoms with E-state index in [1.54, 1.807) is 0 Å². The van der Waals surface area contributed by atoms with Gasteiger partial charge in [0.25, 0.3) is 0 Å². The molecule has 0 rings (SSSR count). The summed E-state index contributed by atoms with van der Waals surface area (Å²) in [5, 5.41) is 11.8. The van der Waals surface area contributed by atoms with Crippen molar-refractivity contribution in [2.45, 2.75) is 219 Å². The molecule has 404 valence electrons. The molecule has 0 radical (unpaired) electrons. The molecule has 9 heteroatoms. The van der Waals surface area contributed by atoms with Gasteiger partial charge in [0.05, 0.1) is 40.3 Å². The number of carbonyl (C=O) groups is 3. The zero-order valence-electron chi connectivity index (χ0n) is 45.8. The zero-order chi connectivity index (χ0) is 52.0. The number of hydrogen-bond acceptors (Lipinski definition) is 8. The van der Waals surface area contributed by atoms with E-state index in [9.17, 15) is 19.5 Å². The van der Waals surface area contributed by atoms with Crippen LogP contribution in [0.4, 0.5) is 0 Å². The number of nitrogens with zero attached hydrogens (tertiary/aromatic N) is 1. The van der Waals surface area contributed by atoms with E-state index >= 15 is 0 Å². The van der Waals surface area contributed by atoms with E-state index in [1.807, 2.05) is 21.1 Å². The first-order valence-electron chi connectivity index (χ1n) is 28.0. The Bertz CT molecular complexity index is 1530. The van der Waals surface area contributed by atoms with Crippen molar-refractivity contribution in [3.05, 3.63) is 109 Å². The largest absolute Gasteiger partial charge is 0.545 e. The number of carboxylic acids is 1. The number of esters is 2. The third kappa shape index (κ3) is 53.6. The van der Waals surface area contributed by atoms with Crippen LogP contribution in [0.15, 0.2) is 109 Å². The molecule has 71 heavy (non-hydrogen) atoms. The molecule has 0 fully saturated rings. The second kappa shape index (κ2) is 52.3. The Kier molecular flexibility index (Phi) is 49.3. The molecule has 0 N–H and O–H groups in total. The first-order valence-corrected chi connectivity index (χ1v) is 28.0. The highest BCUT2D eigenvalue weighted by Crippen LogP contribution is 2.15. The number of quaternary nitrogens is 1. The molecule has 0 aromatic rings. The number of carboxylic acid groups (broad SMARTS) is 1. The molecule has 0 aliphatic heterocycles. The number of rotatable bonds is 50. The Morgan fingerprint density at radius 2 is 0.761 bits per heavy atom. The van der Waals surface area contributed by atoms with Crippen LogP contribution in [0.2, 0.25) is 0 Å². The van der Waals surface area contributed by atoms with Gasteiger partial charge in [-0.25, -0.2) is 0 Å². The Hall–Kier alpha value is -4.05. The molecule has 0 aromatic carbocycles. The molecule has 0 aliphatic rings.